The number of ether oxygens (including phenoxy) is 1. The van der Waals surface area contributed by atoms with E-state index >= 15 is 0 Å². The number of carbonyl (C=O) groups is 1. The quantitative estimate of drug-likeness (QED) is 0.630. The van der Waals surface area contributed by atoms with Crippen LogP contribution in [0.2, 0.25) is 0 Å². The minimum absolute atomic E-state index is 0.0224. The van der Waals surface area contributed by atoms with Gasteiger partial charge in [0, 0.05) is 0 Å². The van der Waals surface area contributed by atoms with E-state index in [9.17, 15) is 4.79 Å². The van der Waals surface area contributed by atoms with Crippen molar-refractivity contribution in [3.8, 4) is 0 Å². The first-order valence-corrected chi connectivity index (χ1v) is 5.19. The average molecular weight is 184 g/mol. The summed E-state index contributed by atoms with van der Waals surface area (Å²) < 4.78 is 5.39. The number of esters is 1. The molecule has 0 unspecified atom stereocenters. The van der Waals surface area contributed by atoms with Gasteiger partial charge in [-0.25, -0.2) is 0 Å². The van der Waals surface area contributed by atoms with Gasteiger partial charge in [-0.05, 0) is 25.7 Å². The van der Waals surface area contributed by atoms with Gasteiger partial charge in [-0.15, -0.1) is 0 Å². The van der Waals surface area contributed by atoms with E-state index in [-0.39, 0.29) is 17.5 Å². The Morgan fingerprint density at radius 2 is 2.31 bits per heavy atom. The lowest BCUT2D eigenvalue weighted by Gasteiger charge is -2.25. The lowest BCUT2D eigenvalue weighted by Crippen LogP contribution is -2.26. The van der Waals surface area contributed by atoms with Gasteiger partial charge >= 0.3 is 5.97 Å². The minimum Gasteiger partial charge on any atom is -0.459 e. The first-order chi connectivity index (χ1) is 5.97. The Labute approximate surface area is 80.7 Å². The highest BCUT2D eigenvalue weighted by Crippen LogP contribution is 2.36. The molecule has 1 saturated heterocycles. The van der Waals surface area contributed by atoms with E-state index in [1.54, 1.807) is 0 Å². The molecule has 1 aliphatic heterocycles. The second-order valence-corrected chi connectivity index (χ2v) is 4.69. The van der Waals surface area contributed by atoms with E-state index in [2.05, 4.69) is 20.8 Å². The van der Waals surface area contributed by atoms with Crippen LogP contribution >= 0.6 is 0 Å². The molecule has 76 valence electrons. The van der Waals surface area contributed by atoms with Crippen LogP contribution in [0.4, 0.5) is 0 Å². The van der Waals surface area contributed by atoms with Crippen molar-refractivity contribution in [3.63, 3.8) is 0 Å². The molecular weight excluding hydrogens is 164 g/mol. The zero-order valence-electron chi connectivity index (χ0n) is 9.09. The second-order valence-electron chi connectivity index (χ2n) is 4.69. The van der Waals surface area contributed by atoms with Gasteiger partial charge < -0.3 is 4.74 Å². The normalized spacial score (nSPS) is 36.0. The van der Waals surface area contributed by atoms with E-state index in [0.717, 1.165) is 19.3 Å². The molecule has 0 aromatic heterocycles. The van der Waals surface area contributed by atoms with Crippen LogP contribution in [0.15, 0.2) is 0 Å². The Morgan fingerprint density at radius 3 is 2.69 bits per heavy atom. The number of rotatable bonds is 3. The van der Waals surface area contributed by atoms with Crippen molar-refractivity contribution in [1.82, 2.24) is 0 Å². The highest BCUT2D eigenvalue weighted by molar-refractivity contribution is 5.74. The van der Waals surface area contributed by atoms with E-state index in [1.165, 1.54) is 0 Å². The molecule has 0 amide bonds. The van der Waals surface area contributed by atoms with Crippen LogP contribution in [0.25, 0.3) is 0 Å². The zero-order chi connectivity index (χ0) is 10.1. The van der Waals surface area contributed by atoms with Crippen molar-refractivity contribution in [1.29, 1.82) is 0 Å². The fourth-order valence-corrected chi connectivity index (χ4v) is 2.12. The number of hydrogen-bond acceptors (Lipinski definition) is 2. The molecule has 0 spiro atoms. The van der Waals surface area contributed by atoms with E-state index in [1.807, 2.05) is 6.92 Å². The number of carbonyl (C=O) groups excluding carboxylic acids is 1. The molecule has 1 rings (SSSR count). The molecule has 0 radical (unpaired) electrons. The first-order valence-electron chi connectivity index (χ1n) is 5.19. The third-order valence-corrected chi connectivity index (χ3v) is 2.96. The maximum Gasteiger partial charge on any atom is 0.309 e. The predicted octanol–water partition coefficient (Wildman–Crippen LogP) is 2.76. The summed E-state index contributed by atoms with van der Waals surface area (Å²) in [5.74, 6) is 0.711. The van der Waals surface area contributed by atoms with Crippen molar-refractivity contribution in [2.24, 2.45) is 11.8 Å². The van der Waals surface area contributed by atoms with Crippen LogP contribution in [0.5, 0.6) is 0 Å². The van der Waals surface area contributed by atoms with Crippen molar-refractivity contribution in [2.45, 2.75) is 52.6 Å². The highest BCUT2D eigenvalue weighted by atomic mass is 16.6. The number of cyclic esters (lactones) is 1. The summed E-state index contributed by atoms with van der Waals surface area (Å²) in [5, 5.41) is 0. The van der Waals surface area contributed by atoms with E-state index in [4.69, 9.17) is 4.74 Å². The summed E-state index contributed by atoms with van der Waals surface area (Å²) in [4.78, 5) is 11.2. The second kappa shape index (κ2) is 3.69. The molecule has 0 bridgehead atoms. The number of hydrogen-bond donors (Lipinski definition) is 0. The van der Waals surface area contributed by atoms with Gasteiger partial charge in [0.15, 0.2) is 0 Å². The Hall–Kier alpha value is -0.530. The van der Waals surface area contributed by atoms with Crippen molar-refractivity contribution < 1.29 is 9.53 Å². The van der Waals surface area contributed by atoms with Crippen molar-refractivity contribution in [2.75, 3.05) is 0 Å². The molecule has 1 heterocycles. The lowest BCUT2D eigenvalue weighted by molar-refractivity contribution is -0.150. The molecule has 0 saturated carbocycles. The molecule has 1 aliphatic rings. The van der Waals surface area contributed by atoms with Gasteiger partial charge in [0.05, 0.1) is 5.92 Å². The first kappa shape index (κ1) is 10.6. The summed E-state index contributed by atoms with van der Waals surface area (Å²) in [6, 6.07) is 0. The van der Waals surface area contributed by atoms with Crippen LogP contribution in [0.1, 0.15) is 47.0 Å². The third-order valence-electron chi connectivity index (χ3n) is 2.96. The Bertz CT molecular complexity index is 200. The topological polar surface area (TPSA) is 26.3 Å². The molecular formula is C11H20O2. The minimum atomic E-state index is -0.189. The van der Waals surface area contributed by atoms with Crippen LogP contribution in [0, 0.1) is 11.8 Å². The lowest BCUT2D eigenvalue weighted by atomic mass is 9.87. The molecule has 0 aromatic carbocycles. The smallest absolute Gasteiger partial charge is 0.309 e. The maximum absolute atomic E-state index is 11.2. The van der Waals surface area contributed by atoms with E-state index in [0.29, 0.717) is 5.92 Å². The van der Waals surface area contributed by atoms with Crippen LogP contribution in [-0.4, -0.2) is 11.6 Å². The summed E-state index contributed by atoms with van der Waals surface area (Å²) in [6.45, 7) is 8.39. The molecule has 2 nitrogen and oxygen atoms in total. The van der Waals surface area contributed by atoms with Gasteiger partial charge in [0.1, 0.15) is 5.60 Å². The fourth-order valence-electron chi connectivity index (χ4n) is 2.12. The predicted molar refractivity (Wildman–Crippen MR) is 52.4 cm³/mol. The van der Waals surface area contributed by atoms with Gasteiger partial charge in [-0.2, -0.15) is 0 Å². The van der Waals surface area contributed by atoms with Crippen LogP contribution in [-0.2, 0) is 9.53 Å². The molecule has 0 aliphatic carbocycles. The monoisotopic (exact) mass is 184 g/mol. The summed E-state index contributed by atoms with van der Waals surface area (Å²) in [5.41, 5.74) is -0.189. The van der Waals surface area contributed by atoms with Crippen LogP contribution < -0.4 is 0 Å². The maximum atomic E-state index is 11.2. The zero-order valence-corrected chi connectivity index (χ0v) is 9.09. The Kier molecular flexibility index (Phi) is 2.99. The summed E-state index contributed by atoms with van der Waals surface area (Å²) in [6.07, 6.45) is 3.04. The Morgan fingerprint density at radius 1 is 1.69 bits per heavy atom. The molecule has 2 heteroatoms. The molecule has 1 fully saturated rings. The van der Waals surface area contributed by atoms with Crippen molar-refractivity contribution in [3.05, 3.63) is 0 Å². The largest absolute Gasteiger partial charge is 0.459 e. The molecule has 13 heavy (non-hydrogen) atoms. The fraction of sp³-hybridized carbons (Fsp3) is 0.909. The molecule has 3 atom stereocenters. The van der Waals surface area contributed by atoms with E-state index < -0.39 is 0 Å². The standard InChI is InChI=1S/C11H20O2/c1-5-8(2)6-11(4)7-9(3)10(12)13-11/h8-9H,5-7H2,1-4H3/t8-,9+,11+/m1/s1. The molecule has 0 N–H and O–H groups in total. The van der Waals surface area contributed by atoms with Gasteiger partial charge in [0.25, 0.3) is 0 Å². The van der Waals surface area contributed by atoms with Crippen LogP contribution in [0.3, 0.4) is 0 Å². The van der Waals surface area contributed by atoms with Gasteiger partial charge in [0.2, 0.25) is 0 Å². The van der Waals surface area contributed by atoms with Crippen molar-refractivity contribution >= 4 is 5.97 Å². The SMILES string of the molecule is CC[C@@H](C)C[C@@]1(C)C[C@H](C)C(=O)O1. The van der Waals surface area contributed by atoms with Gasteiger partial charge in [-0.3, -0.25) is 4.79 Å². The molecule has 0 aromatic rings. The summed E-state index contributed by atoms with van der Waals surface area (Å²) >= 11 is 0. The highest BCUT2D eigenvalue weighted by Gasteiger charge is 2.41. The Balaban J connectivity index is 2.54. The summed E-state index contributed by atoms with van der Waals surface area (Å²) in [7, 11) is 0. The van der Waals surface area contributed by atoms with Gasteiger partial charge in [-0.1, -0.05) is 27.2 Å². The average Bonchev–Trinajstić information content (AvgIpc) is 2.25. The third kappa shape index (κ3) is 2.45.